The van der Waals surface area contributed by atoms with Crippen molar-refractivity contribution >= 4 is 26.6 Å². The molecule has 1 saturated carbocycles. The SMILES string of the molecule is O=C(NC1C=CS(=O)(=O)C1)c1cc2ccc(C3CC3)cc2[nH]c1=O. The number of nitrogens with one attached hydrogen (secondary N) is 2. The molecule has 1 amide bonds. The maximum Gasteiger partial charge on any atom is 0.261 e. The first-order chi connectivity index (χ1) is 11.4. The molecule has 0 bridgehead atoms. The van der Waals surface area contributed by atoms with Crippen LogP contribution in [-0.4, -0.2) is 31.1 Å². The van der Waals surface area contributed by atoms with E-state index < -0.39 is 27.3 Å². The molecule has 7 heteroatoms. The Morgan fingerprint density at radius 1 is 1.21 bits per heavy atom. The minimum atomic E-state index is -3.26. The zero-order chi connectivity index (χ0) is 16.9. The van der Waals surface area contributed by atoms with Gasteiger partial charge in [0.05, 0.1) is 11.8 Å². The van der Waals surface area contributed by atoms with Crippen molar-refractivity contribution in [3.05, 3.63) is 57.2 Å². The molecule has 1 unspecified atom stereocenters. The van der Waals surface area contributed by atoms with E-state index in [0.29, 0.717) is 11.4 Å². The van der Waals surface area contributed by atoms with E-state index in [0.717, 1.165) is 10.8 Å². The Morgan fingerprint density at radius 3 is 2.67 bits per heavy atom. The second-order valence-corrected chi connectivity index (χ2v) is 8.30. The number of pyridine rings is 1. The van der Waals surface area contributed by atoms with Gasteiger partial charge in [0.2, 0.25) is 0 Å². The van der Waals surface area contributed by atoms with Crippen molar-refractivity contribution in [2.45, 2.75) is 24.8 Å². The van der Waals surface area contributed by atoms with Crippen molar-refractivity contribution < 1.29 is 13.2 Å². The van der Waals surface area contributed by atoms with E-state index in [-0.39, 0.29) is 11.3 Å². The highest BCUT2D eigenvalue weighted by atomic mass is 32.2. The fourth-order valence-electron chi connectivity index (χ4n) is 2.97. The van der Waals surface area contributed by atoms with Gasteiger partial charge in [-0.25, -0.2) is 8.42 Å². The van der Waals surface area contributed by atoms with Gasteiger partial charge in [-0.3, -0.25) is 9.59 Å². The van der Waals surface area contributed by atoms with Crippen LogP contribution < -0.4 is 10.9 Å². The number of sulfone groups is 1. The number of H-pyrrole nitrogens is 1. The molecule has 2 aromatic rings. The second-order valence-electron chi connectivity index (χ2n) is 6.37. The van der Waals surface area contributed by atoms with Crippen LogP contribution in [0.4, 0.5) is 0 Å². The average molecular weight is 344 g/mol. The van der Waals surface area contributed by atoms with Crippen LogP contribution in [0.15, 0.2) is 40.5 Å². The highest BCUT2D eigenvalue weighted by Crippen LogP contribution is 2.40. The van der Waals surface area contributed by atoms with Crippen LogP contribution in [0.1, 0.15) is 34.7 Å². The van der Waals surface area contributed by atoms with Gasteiger partial charge in [0.1, 0.15) is 5.56 Å². The maximum atomic E-state index is 12.3. The number of aromatic amines is 1. The first kappa shape index (κ1) is 15.1. The smallest absolute Gasteiger partial charge is 0.261 e. The summed E-state index contributed by atoms with van der Waals surface area (Å²) in [6, 6.07) is 6.83. The number of hydrogen-bond donors (Lipinski definition) is 2. The summed E-state index contributed by atoms with van der Waals surface area (Å²) in [5, 5.41) is 4.43. The van der Waals surface area contributed by atoms with Crippen LogP contribution in [-0.2, 0) is 9.84 Å². The molecule has 4 rings (SSSR count). The number of benzene rings is 1. The summed E-state index contributed by atoms with van der Waals surface area (Å²) in [6.45, 7) is 0. The van der Waals surface area contributed by atoms with Crippen molar-refractivity contribution in [1.82, 2.24) is 10.3 Å². The number of fused-ring (bicyclic) bond motifs is 1. The van der Waals surface area contributed by atoms with Crippen LogP contribution in [0.3, 0.4) is 0 Å². The lowest BCUT2D eigenvalue weighted by molar-refractivity contribution is 0.0946. The molecule has 6 nitrogen and oxygen atoms in total. The molecule has 2 heterocycles. The predicted molar refractivity (Wildman–Crippen MR) is 90.7 cm³/mol. The molecule has 1 aliphatic carbocycles. The summed E-state index contributed by atoms with van der Waals surface area (Å²) in [4.78, 5) is 27.3. The first-order valence-corrected chi connectivity index (χ1v) is 9.52. The number of aromatic nitrogens is 1. The Labute approximate surface area is 138 Å². The molecule has 1 aromatic heterocycles. The fraction of sp³-hybridized carbons (Fsp3) is 0.294. The molecule has 2 aliphatic rings. The Hall–Kier alpha value is -2.41. The van der Waals surface area contributed by atoms with Gasteiger partial charge in [-0.2, -0.15) is 0 Å². The molecule has 1 fully saturated rings. The summed E-state index contributed by atoms with van der Waals surface area (Å²) in [6.07, 6.45) is 3.77. The highest BCUT2D eigenvalue weighted by Gasteiger charge is 2.25. The lowest BCUT2D eigenvalue weighted by Crippen LogP contribution is -2.38. The Bertz CT molecular complexity index is 1030. The first-order valence-electron chi connectivity index (χ1n) is 7.80. The zero-order valence-electron chi connectivity index (χ0n) is 12.8. The fourth-order valence-corrected chi connectivity index (χ4v) is 4.21. The largest absolute Gasteiger partial charge is 0.345 e. The summed E-state index contributed by atoms with van der Waals surface area (Å²) in [7, 11) is -3.26. The van der Waals surface area contributed by atoms with Gasteiger partial charge < -0.3 is 10.3 Å². The topological polar surface area (TPSA) is 96.1 Å². The summed E-state index contributed by atoms with van der Waals surface area (Å²) in [5.74, 6) is -0.164. The maximum absolute atomic E-state index is 12.3. The Kier molecular flexibility index (Phi) is 3.35. The van der Waals surface area contributed by atoms with Crippen LogP contribution >= 0.6 is 0 Å². The Balaban J connectivity index is 1.63. The van der Waals surface area contributed by atoms with Gasteiger partial charge in [-0.15, -0.1) is 0 Å². The average Bonchev–Trinajstić information content (AvgIpc) is 3.31. The van der Waals surface area contributed by atoms with Crippen LogP contribution in [0.5, 0.6) is 0 Å². The van der Waals surface area contributed by atoms with E-state index in [1.165, 1.54) is 24.5 Å². The van der Waals surface area contributed by atoms with Crippen molar-refractivity contribution in [3.63, 3.8) is 0 Å². The zero-order valence-corrected chi connectivity index (χ0v) is 13.6. The minimum absolute atomic E-state index is 0.0145. The number of carbonyl (C=O) groups excluding carboxylic acids is 1. The third-order valence-electron chi connectivity index (χ3n) is 4.41. The molecule has 1 aromatic carbocycles. The standard InChI is InChI=1S/C17H16N2O4S/c20-16(18-13-5-6-24(22,23)9-13)14-7-12-4-3-11(10-1-2-10)8-15(12)19-17(14)21/h3-8,10,13H,1-2,9H2,(H,18,20)(H,19,21). The number of rotatable bonds is 3. The normalized spacial score (nSPS) is 21.9. The third kappa shape index (κ3) is 2.87. The molecule has 24 heavy (non-hydrogen) atoms. The van der Waals surface area contributed by atoms with Gasteiger partial charge in [0.25, 0.3) is 11.5 Å². The molecule has 124 valence electrons. The molecule has 1 atom stereocenters. The molecule has 0 spiro atoms. The van der Waals surface area contributed by atoms with Crippen molar-refractivity contribution in [2.24, 2.45) is 0 Å². The molecule has 0 radical (unpaired) electrons. The number of carbonyl (C=O) groups is 1. The van der Waals surface area contributed by atoms with Crippen molar-refractivity contribution in [1.29, 1.82) is 0 Å². The van der Waals surface area contributed by atoms with Crippen molar-refractivity contribution in [2.75, 3.05) is 5.75 Å². The lowest BCUT2D eigenvalue weighted by Gasteiger charge is -2.10. The van der Waals surface area contributed by atoms with Gasteiger partial charge in [0.15, 0.2) is 9.84 Å². The van der Waals surface area contributed by atoms with Gasteiger partial charge in [-0.05, 0) is 47.9 Å². The second kappa shape index (κ2) is 5.31. The Morgan fingerprint density at radius 2 is 2.00 bits per heavy atom. The third-order valence-corrected chi connectivity index (χ3v) is 5.81. The van der Waals surface area contributed by atoms with Crippen LogP contribution in [0.25, 0.3) is 10.9 Å². The summed E-state index contributed by atoms with van der Waals surface area (Å²) < 4.78 is 22.8. The van der Waals surface area contributed by atoms with Gasteiger partial charge >= 0.3 is 0 Å². The van der Waals surface area contributed by atoms with E-state index in [9.17, 15) is 18.0 Å². The number of hydrogen-bond acceptors (Lipinski definition) is 4. The summed E-state index contributed by atoms with van der Waals surface area (Å²) in [5.41, 5.74) is 1.43. The number of amides is 1. The highest BCUT2D eigenvalue weighted by molar-refractivity contribution is 7.94. The van der Waals surface area contributed by atoms with Crippen LogP contribution in [0, 0.1) is 0 Å². The van der Waals surface area contributed by atoms with E-state index in [1.54, 1.807) is 6.07 Å². The van der Waals surface area contributed by atoms with E-state index in [1.807, 2.05) is 18.2 Å². The molecular formula is C17H16N2O4S. The quantitative estimate of drug-likeness (QED) is 0.881. The predicted octanol–water partition coefficient (Wildman–Crippen LogP) is 1.45. The summed E-state index contributed by atoms with van der Waals surface area (Å²) >= 11 is 0. The minimum Gasteiger partial charge on any atom is -0.345 e. The lowest BCUT2D eigenvalue weighted by atomic mass is 10.1. The molecule has 1 aliphatic heterocycles. The molecule has 0 saturated heterocycles. The van der Waals surface area contributed by atoms with Gasteiger partial charge in [-0.1, -0.05) is 12.1 Å². The van der Waals surface area contributed by atoms with E-state index in [2.05, 4.69) is 10.3 Å². The van der Waals surface area contributed by atoms with Crippen LogP contribution in [0.2, 0.25) is 0 Å². The van der Waals surface area contributed by atoms with E-state index >= 15 is 0 Å². The monoisotopic (exact) mass is 344 g/mol. The molecular weight excluding hydrogens is 328 g/mol. The van der Waals surface area contributed by atoms with Crippen molar-refractivity contribution in [3.8, 4) is 0 Å². The van der Waals surface area contributed by atoms with E-state index in [4.69, 9.17) is 0 Å². The molecule has 2 N–H and O–H groups in total. The van der Waals surface area contributed by atoms with Gasteiger partial charge in [0, 0.05) is 10.9 Å².